The molecule has 28 heavy (non-hydrogen) atoms. The van der Waals surface area contributed by atoms with Crippen molar-refractivity contribution in [2.24, 2.45) is 0 Å². The SMILES string of the molecule is CCN(CC)CC.CCOC(=O)/C(C#N)=C/c1cc(OC)c(O)c([N+](=O)[O-])c1. The van der Waals surface area contributed by atoms with Crippen molar-refractivity contribution in [3.05, 3.63) is 33.4 Å². The number of phenolic OH excluding ortho intramolecular Hbond substituents is 1. The van der Waals surface area contributed by atoms with Crippen LogP contribution in [-0.2, 0) is 9.53 Å². The fraction of sp³-hybridized carbons (Fsp3) is 0.474. The van der Waals surface area contributed by atoms with Crippen molar-refractivity contribution in [3.63, 3.8) is 0 Å². The van der Waals surface area contributed by atoms with Crippen molar-refractivity contribution in [2.45, 2.75) is 27.7 Å². The van der Waals surface area contributed by atoms with Gasteiger partial charge < -0.3 is 19.5 Å². The van der Waals surface area contributed by atoms with Gasteiger partial charge in [-0.1, -0.05) is 20.8 Å². The van der Waals surface area contributed by atoms with Crippen molar-refractivity contribution in [2.75, 3.05) is 33.4 Å². The van der Waals surface area contributed by atoms with Gasteiger partial charge in [-0.2, -0.15) is 5.26 Å². The van der Waals surface area contributed by atoms with Gasteiger partial charge in [0, 0.05) is 6.07 Å². The Morgan fingerprint density at radius 1 is 1.29 bits per heavy atom. The van der Waals surface area contributed by atoms with Crippen LogP contribution in [0, 0.1) is 21.4 Å². The van der Waals surface area contributed by atoms with Crippen molar-refractivity contribution in [1.82, 2.24) is 4.90 Å². The lowest BCUT2D eigenvalue weighted by Crippen LogP contribution is -2.21. The molecule has 0 atom stereocenters. The second-order valence-electron chi connectivity index (χ2n) is 5.36. The molecule has 0 fully saturated rings. The van der Waals surface area contributed by atoms with Crippen molar-refractivity contribution in [3.8, 4) is 17.6 Å². The highest BCUT2D eigenvalue weighted by Crippen LogP contribution is 2.37. The molecule has 0 unspecified atom stereocenters. The summed E-state index contributed by atoms with van der Waals surface area (Å²) in [7, 11) is 1.23. The number of hydrogen-bond donors (Lipinski definition) is 1. The molecule has 0 saturated carbocycles. The van der Waals surface area contributed by atoms with Crippen LogP contribution >= 0.6 is 0 Å². The molecule has 1 aromatic carbocycles. The summed E-state index contributed by atoms with van der Waals surface area (Å²) in [6, 6.07) is 3.93. The zero-order valence-corrected chi connectivity index (χ0v) is 16.9. The van der Waals surface area contributed by atoms with Crippen LogP contribution in [0.1, 0.15) is 33.3 Å². The van der Waals surface area contributed by atoms with Crippen LogP contribution in [0.15, 0.2) is 17.7 Å². The van der Waals surface area contributed by atoms with Crippen LogP contribution in [0.25, 0.3) is 6.08 Å². The highest BCUT2D eigenvalue weighted by Gasteiger charge is 2.20. The lowest BCUT2D eigenvalue weighted by Gasteiger charge is -2.13. The molecule has 0 radical (unpaired) electrons. The molecule has 0 spiro atoms. The van der Waals surface area contributed by atoms with Gasteiger partial charge in [0.25, 0.3) is 0 Å². The number of methoxy groups -OCH3 is 1. The zero-order valence-electron chi connectivity index (χ0n) is 16.9. The van der Waals surface area contributed by atoms with Gasteiger partial charge in [0.2, 0.25) is 5.75 Å². The first kappa shape index (κ1) is 24.9. The minimum Gasteiger partial charge on any atom is -0.500 e. The second-order valence-corrected chi connectivity index (χ2v) is 5.36. The first-order valence-electron chi connectivity index (χ1n) is 8.85. The monoisotopic (exact) mass is 393 g/mol. The van der Waals surface area contributed by atoms with E-state index in [1.807, 2.05) is 0 Å². The third-order valence-corrected chi connectivity index (χ3v) is 3.76. The lowest BCUT2D eigenvalue weighted by molar-refractivity contribution is -0.386. The van der Waals surface area contributed by atoms with Crippen LogP contribution < -0.4 is 4.74 Å². The number of esters is 1. The summed E-state index contributed by atoms with van der Waals surface area (Å²) in [4.78, 5) is 23.9. The molecule has 1 aromatic rings. The Balaban J connectivity index is 0.000000887. The second kappa shape index (κ2) is 13.1. The summed E-state index contributed by atoms with van der Waals surface area (Å²) in [6.07, 6.45) is 1.12. The standard InChI is InChI=1S/C13H12N2O6.C6H15N/c1-3-21-13(17)9(7-14)4-8-5-10(15(18)19)12(16)11(6-8)20-2;1-4-7(5-2)6-3/h4-6,16H,3H2,1-2H3;4-6H2,1-3H3/b9-4+;. The normalized spacial score (nSPS) is 10.5. The fourth-order valence-electron chi connectivity index (χ4n) is 2.18. The lowest BCUT2D eigenvalue weighted by atomic mass is 10.1. The molecule has 1 rings (SSSR count). The van der Waals surface area contributed by atoms with E-state index in [1.165, 1.54) is 32.8 Å². The summed E-state index contributed by atoms with van der Waals surface area (Å²) in [5.41, 5.74) is -0.762. The maximum Gasteiger partial charge on any atom is 0.348 e. The van der Waals surface area contributed by atoms with E-state index in [1.54, 1.807) is 13.0 Å². The number of aromatic hydroxyl groups is 1. The quantitative estimate of drug-likeness (QED) is 0.235. The molecule has 0 amide bonds. The van der Waals surface area contributed by atoms with Crippen LogP contribution in [0.4, 0.5) is 5.69 Å². The molecule has 0 heterocycles. The molecular weight excluding hydrogens is 366 g/mol. The third-order valence-electron chi connectivity index (χ3n) is 3.76. The van der Waals surface area contributed by atoms with Crippen LogP contribution in [-0.4, -0.2) is 54.3 Å². The number of carbonyl (C=O) groups is 1. The molecule has 0 aliphatic rings. The smallest absolute Gasteiger partial charge is 0.348 e. The molecule has 0 aliphatic carbocycles. The van der Waals surface area contributed by atoms with Gasteiger partial charge in [0.05, 0.1) is 18.6 Å². The Morgan fingerprint density at radius 2 is 1.86 bits per heavy atom. The van der Waals surface area contributed by atoms with Crippen molar-refractivity contribution in [1.29, 1.82) is 5.26 Å². The summed E-state index contributed by atoms with van der Waals surface area (Å²) in [5, 5.41) is 29.4. The van der Waals surface area contributed by atoms with E-state index in [2.05, 4.69) is 30.4 Å². The van der Waals surface area contributed by atoms with Crippen LogP contribution in [0.2, 0.25) is 0 Å². The Morgan fingerprint density at radius 3 is 2.21 bits per heavy atom. The van der Waals surface area contributed by atoms with E-state index in [9.17, 15) is 20.0 Å². The molecule has 1 N–H and O–H groups in total. The van der Waals surface area contributed by atoms with Gasteiger partial charge in [0.1, 0.15) is 11.6 Å². The van der Waals surface area contributed by atoms with Crippen molar-refractivity contribution >= 4 is 17.7 Å². The topological polar surface area (TPSA) is 126 Å². The number of rotatable bonds is 8. The maximum atomic E-state index is 11.5. The highest BCUT2D eigenvalue weighted by molar-refractivity contribution is 5.98. The minimum atomic E-state index is -0.838. The van der Waals surface area contributed by atoms with Crippen molar-refractivity contribution < 1.29 is 24.3 Å². The molecule has 9 heteroatoms. The molecule has 9 nitrogen and oxygen atoms in total. The predicted molar refractivity (Wildman–Crippen MR) is 105 cm³/mol. The first-order valence-corrected chi connectivity index (χ1v) is 8.85. The molecule has 0 saturated heterocycles. The van der Waals surface area contributed by atoms with Crippen LogP contribution in [0.3, 0.4) is 0 Å². The first-order chi connectivity index (χ1) is 13.3. The Labute approximate surface area is 164 Å². The van der Waals surface area contributed by atoms with Gasteiger partial charge in [-0.15, -0.1) is 0 Å². The Bertz CT molecular complexity index is 730. The van der Waals surface area contributed by atoms with Gasteiger partial charge >= 0.3 is 11.7 Å². The van der Waals surface area contributed by atoms with E-state index in [4.69, 9.17) is 10.00 Å². The summed E-state index contributed by atoms with van der Waals surface area (Å²) in [5.74, 6) is -1.61. The Hall–Kier alpha value is -3.12. The number of nitro benzene ring substituents is 1. The number of nitro groups is 1. The van der Waals surface area contributed by atoms with E-state index in [-0.39, 0.29) is 23.5 Å². The van der Waals surface area contributed by atoms with E-state index in [0.717, 1.165) is 12.1 Å². The zero-order chi connectivity index (χ0) is 21.7. The number of nitriles is 1. The molecule has 154 valence electrons. The summed E-state index contributed by atoms with van der Waals surface area (Å²) in [6.45, 7) is 11.8. The van der Waals surface area contributed by atoms with Gasteiger partial charge in [0.15, 0.2) is 5.75 Å². The highest BCUT2D eigenvalue weighted by atomic mass is 16.6. The summed E-state index contributed by atoms with van der Waals surface area (Å²) >= 11 is 0. The maximum absolute atomic E-state index is 11.5. The molecular formula is C19H27N3O6. The number of hydrogen-bond acceptors (Lipinski definition) is 8. The molecule has 0 aromatic heterocycles. The minimum absolute atomic E-state index is 0.0941. The number of ether oxygens (including phenoxy) is 2. The fourth-order valence-corrected chi connectivity index (χ4v) is 2.18. The van der Waals surface area contributed by atoms with E-state index in [0.29, 0.717) is 0 Å². The number of nitrogens with zero attached hydrogens (tertiary/aromatic N) is 3. The average Bonchev–Trinajstić information content (AvgIpc) is 2.68. The number of benzene rings is 1. The largest absolute Gasteiger partial charge is 0.500 e. The van der Waals surface area contributed by atoms with E-state index >= 15 is 0 Å². The Kier molecular flexibility index (Phi) is 11.6. The number of phenols is 1. The van der Waals surface area contributed by atoms with Crippen LogP contribution in [0.5, 0.6) is 11.5 Å². The average molecular weight is 393 g/mol. The van der Waals surface area contributed by atoms with E-state index < -0.39 is 22.3 Å². The predicted octanol–water partition coefficient (Wildman–Crippen LogP) is 3.13. The summed E-state index contributed by atoms with van der Waals surface area (Å²) < 4.78 is 9.50. The van der Waals surface area contributed by atoms with Gasteiger partial charge in [-0.05, 0) is 44.3 Å². The molecule has 0 aliphatic heterocycles. The third kappa shape index (κ3) is 7.63. The number of carbonyl (C=O) groups excluding carboxylic acids is 1. The van der Waals surface area contributed by atoms with Gasteiger partial charge in [-0.25, -0.2) is 4.79 Å². The molecule has 0 bridgehead atoms. The van der Waals surface area contributed by atoms with Gasteiger partial charge in [-0.3, -0.25) is 10.1 Å².